The molecule has 27 heavy (non-hydrogen) atoms. The van der Waals surface area contributed by atoms with Gasteiger partial charge in [0, 0.05) is 24.4 Å². The third-order valence-corrected chi connectivity index (χ3v) is 4.35. The van der Waals surface area contributed by atoms with Gasteiger partial charge in [0.05, 0.1) is 13.2 Å². The van der Waals surface area contributed by atoms with E-state index in [0.29, 0.717) is 16.9 Å². The summed E-state index contributed by atoms with van der Waals surface area (Å²) in [7, 11) is 1.46. The summed E-state index contributed by atoms with van der Waals surface area (Å²) >= 11 is 0. The maximum Gasteiger partial charge on any atom is 0.237 e. The average molecular weight is 377 g/mol. The number of nitrogens with zero attached hydrogens (tertiary/aromatic N) is 1. The molecule has 2 heterocycles. The van der Waals surface area contributed by atoms with Gasteiger partial charge in [0.15, 0.2) is 11.6 Å². The number of hydrogen-bond acceptors (Lipinski definition) is 5. The van der Waals surface area contributed by atoms with E-state index < -0.39 is 11.8 Å². The summed E-state index contributed by atoms with van der Waals surface area (Å²) in [5.74, 6) is -0.954. The van der Waals surface area contributed by atoms with Crippen LogP contribution in [0.2, 0.25) is 0 Å². The molecule has 6 nitrogen and oxygen atoms in total. The molecule has 1 saturated heterocycles. The van der Waals surface area contributed by atoms with Crippen LogP contribution in [0.3, 0.4) is 0 Å². The van der Waals surface area contributed by atoms with Crippen molar-refractivity contribution >= 4 is 5.91 Å². The largest absolute Gasteiger partial charge is 0.496 e. The SMILES string of the molecule is COc1cc(OCc2ccnc(F)c2)c(F)cc1CNC(=O)[C@@H]1CCCN1. The second kappa shape index (κ2) is 8.77. The summed E-state index contributed by atoms with van der Waals surface area (Å²) in [6, 6.07) is 5.28. The highest BCUT2D eigenvalue weighted by atomic mass is 19.1. The summed E-state index contributed by atoms with van der Waals surface area (Å²) in [6.07, 6.45) is 3.07. The highest BCUT2D eigenvalue weighted by molar-refractivity contribution is 5.82. The fraction of sp³-hybridized carbons (Fsp3) is 0.368. The number of aromatic nitrogens is 1. The molecule has 1 aromatic heterocycles. The minimum Gasteiger partial charge on any atom is -0.496 e. The molecular formula is C19H21F2N3O3. The van der Waals surface area contributed by atoms with Gasteiger partial charge in [-0.1, -0.05) is 0 Å². The number of halogens is 2. The lowest BCUT2D eigenvalue weighted by atomic mass is 10.1. The molecule has 3 rings (SSSR count). The summed E-state index contributed by atoms with van der Waals surface area (Å²) in [4.78, 5) is 15.5. The summed E-state index contributed by atoms with van der Waals surface area (Å²) in [6.45, 7) is 0.958. The molecule has 0 saturated carbocycles. The first-order valence-corrected chi connectivity index (χ1v) is 8.67. The van der Waals surface area contributed by atoms with Gasteiger partial charge in [-0.2, -0.15) is 4.39 Å². The van der Waals surface area contributed by atoms with E-state index in [0.717, 1.165) is 19.4 Å². The number of carbonyl (C=O) groups is 1. The molecule has 8 heteroatoms. The predicted octanol–water partition coefficient (Wildman–Crippen LogP) is 2.32. The second-order valence-corrected chi connectivity index (χ2v) is 6.24. The van der Waals surface area contributed by atoms with Crippen molar-refractivity contribution < 1.29 is 23.0 Å². The number of methoxy groups -OCH3 is 1. The first-order valence-electron chi connectivity index (χ1n) is 8.67. The molecule has 1 aromatic carbocycles. The highest BCUT2D eigenvalue weighted by Gasteiger charge is 2.22. The van der Waals surface area contributed by atoms with Crippen molar-refractivity contribution in [1.29, 1.82) is 0 Å². The van der Waals surface area contributed by atoms with E-state index in [2.05, 4.69) is 15.6 Å². The first-order chi connectivity index (χ1) is 13.1. The van der Waals surface area contributed by atoms with E-state index in [1.807, 2.05) is 0 Å². The van der Waals surface area contributed by atoms with Gasteiger partial charge in [-0.3, -0.25) is 4.79 Å². The topological polar surface area (TPSA) is 72.5 Å². The zero-order valence-corrected chi connectivity index (χ0v) is 14.9. The quantitative estimate of drug-likeness (QED) is 0.725. The monoisotopic (exact) mass is 377 g/mol. The van der Waals surface area contributed by atoms with Gasteiger partial charge in [0.25, 0.3) is 0 Å². The molecule has 1 aliphatic heterocycles. The van der Waals surface area contributed by atoms with Gasteiger partial charge in [-0.25, -0.2) is 9.37 Å². The second-order valence-electron chi connectivity index (χ2n) is 6.24. The van der Waals surface area contributed by atoms with Crippen LogP contribution in [-0.4, -0.2) is 30.6 Å². The molecule has 2 aromatic rings. The first kappa shape index (κ1) is 19.0. The fourth-order valence-electron chi connectivity index (χ4n) is 2.92. The standard InChI is InChI=1S/C19H21F2N3O3/c1-26-16-9-17(27-11-12-4-6-23-18(21)7-12)14(20)8-13(16)10-24-19(25)15-3-2-5-22-15/h4,6-9,15,22H,2-3,5,10-11H2,1H3,(H,24,25)/t15-/m0/s1. The maximum atomic E-state index is 14.4. The number of amides is 1. The van der Waals surface area contributed by atoms with Crippen LogP contribution in [0.25, 0.3) is 0 Å². The Morgan fingerprint density at radius 1 is 1.33 bits per heavy atom. The third-order valence-electron chi connectivity index (χ3n) is 4.35. The van der Waals surface area contributed by atoms with Crippen LogP contribution in [0.1, 0.15) is 24.0 Å². The Morgan fingerprint density at radius 2 is 2.19 bits per heavy atom. The number of ether oxygens (including phenoxy) is 2. The van der Waals surface area contributed by atoms with Crippen LogP contribution in [0, 0.1) is 11.8 Å². The van der Waals surface area contributed by atoms with Crippen molar-refractivity contribution in [3.05, 3.63) is 53.4 Å². The molecular weight excluding hydrogens is 356 g/mol. The lowest BCUT2D eigenvalue weighted by Gasteiger charge is -2.15. The lowest BCUT2D eigenvalue weighted by molar-refractivity contribution is -0.122. The molecule has 0 bridgehead atoms. The maximum absolute atomic E-state index is 14.4. The minimum absolute atomic E-state index is 0.0110. The highest BCUT2D eigenvalue weighted by Crippen LogP contribution is 2.29. The summed E-state index contributed by atoms with van der Waals surface area (Å²) in [5.41, 5.74) is 1.03. The van der Waals surface area contributed by atoms with Crippen LogP contribution in [0.5, 0.6) is 11.5 Å². The van der Waals surface area contributed by atoms with E-state index in [1.165, 1.54) is 31.5 Å². The Bertz CT molecular complexity index is 811. The van der Waals surface area contributed by atoms with Gasteiger partial charge in [-0.05, 0) is 43.1 Å². The minimum atomic E-state index is -0.628. The van der Waals surface area contributed by atoms with E-state index in [-0.39, 0.29) is 30.9 Å². The van der Waals surface area contributed by atoms with Crippen LogP contribution in [0.4, 0.5) is 8.78 Å². The van der Waals surface area contributed by atoms with Crippen LogP contribution >= 0.6 is 0 Å². The van der Waals surface area contributed by atoms with E-state index in [9.17, 15) is 13.6 Å². The Hall–Kier alpha value is -2.74. The van der Waals surface area contributed by atoms with Crippen molar-refractivity contribution in [3.8, 4) is 11.5 Å². The number of benzene rings is 1. The molecule has 1 fully saturated rings. The van der Waals surface area contributed by atoms with Crippen molar-refractivity contribution in [2.24, 2.45) is 0 Å². The molecule has 0 unspecified atom stereocenters. The lowest BCUT2D eigenvalue weighted by Crippen LogP contribution is -2.40. The predicted molar refractivity (Wildman–Crippen MR) is 94.4 cm³/mol. The molecule has 2 N–H and O–H groups in total. The van der Waals surface area contributed by atoms with E-state index in [4.69, 9.17) is 9.47 Å². The molecule has 1 amide bonds. The van der Waals surface area contributed by atoms with Gasteiger partial charge < -0.3 is 20.1 Å². The molecule has 0 radical (unpaired) electrons. The van der Waals surface area contributed by atoms with Gasteiger partial charge >= 0.3 is 0 Å². The van der Waals surface area contributed by atoms with E-state index in [1.54, 1.807) is 6.07 Å². The summed E-state index contributed by atoms with van der Waals surface area (Å²) < 4.78 is 38.2. The molecule has 1 aliphatic rings. The van der Waals surface area contributed by atoms with Gasteiger partial charge in [0.2, 0.25) is 11.9 Å². The number of hydrogen-bond donors (Lipinski definition) is 2. The smallest absolute Gasteiger partial charge is 0.237 e. The van der Waals surface area contributed by atoms with E-state index >= 15 is 0 Å². The Kier molecular flexibility index (Phi) is 6.18. The number of pyridine rings is 1. The Morgan fingerprint density at radius 3 is 2.89 bits per heavy atom. The molecule has 0 aliphatic carbocycles. The molecule has 1 atom stereocenters. The molecule has 0 spiro atoms. The normalized spacial score (nSPS) is 16.2. The Labute approximate surface area is 155 Å². The van der Waals surface area contributed by atoms with Gasteiger partial charge in [0.1, 0.15) is 12.4 Å². The fourth-order valence-corrected chi connectivity index (χ4v) is 2.92. The third kappa shape index (κ3) is 4.91. The van der Waals surface area contributed by atoms with Gasteiger partial charge in [-0.15, -0.1) is 0 Å². The molecule has 144 valence electrons. The average Bonchev–Trinajstić information content (AvgIpc) is 3.20. The number of rotatable bonds is 7. The van der Waals surface area contributed by atoms with Crippen LogP contribution in [-0.2, 0) is 17.9 Å². The zero-order valence-electron chi connectivity index (χ0n) is 14.9. The van der Waals surface area contributed by atoms with Crippen molar-refractivity contribution in [2.75, 3.05) is 13.7 Å². The number of nitrogens with one attached hydrogen (secondary N) is 2. The summed E-state index contributed by atoms with van der Waals surface area (Å²) in [5, 5.41) is 5.90. The van der Waals surface area contributed by atoms with Crippen molar-refractivity contribution in [2.45, 2.75) is 32.0 Å². The van der Waals surface area contributed by atoms with Crippen LogP contribution in [0.15, 0.2) is 30.5 Å². The zero-order chi connectivity index (χ0) is 19.2. The van der Waals surface area contributed by atoms with Crippen molar-refractivity contribution in [3.63, 3.8) is 0 Å². The van der Waals surface area contributed by atoms with Crippen molar-refractivity contribution in [1.82, 2.24) is 15.6 Å². The Balaban J connectivity index is 1.66. The van der Waals surface area contributed by atoms with Crippen LogP contribution < -0.4 is 20.1 Å². The number of carbonyl (C=O) groups excluding carboxylic acids is 1.